The van der Waals surface area contributed by atoms with Gasteiger partial charge in [0.1, 0.15) is 0 Å². The molecule has 0 radical (unpaired) electrons. The molecule has 0 unspecified atom stereocenters. The van der Waals surface area contributed by atoms with Crippen LogP contribution in [0.15, 0.2) is 42.5 Å². The second-order valence-corrected chi connectivity index (χ2v) is 6.89. The number of amides is 1. The quantitative estimate of drug-likeness (QED) is 0.532. The highest BCUT2D eigenvalue weighted by Crippen LogP contribution is 2.23. The lowest BCUT2D eigenvalue weighted by Crippen LogP contribution is -2.14. The molecule has 0 aliphatic heterocycles. The molecule has 0 atom stereocenters. The third-order valence-electron chi connectivity index (χ3n) is 3.17. The first-order chi connectivity index (χ1) is 11.7. The van der Waals surface area contributed by atoms with E-state index in [2.05, 4.69) is 15.4 Å². The van der Waals surface area contributed by atoms with Crippen molar-refractivity contribution in [1.82, 2.24) is 0 Å². The first-order valence-electron chi connectivity index (χ1n) is 7.05. The van der Waals surface area contributed by atoms with Crippen LogP contribution in [0, 0.1) is 10.1 Å². The lowest BCUT2D eigenvalue weighted by Gasteiger charge is -2.10. The van der Waals surface area contributed by atoms with E-state index in [1.165, 1.54) is 42.5 Å². The summed E-state index contributed by atoms with van der Waals surface area (Å²) in [5, 5.41) is 16.3. The lowest BCUT2D eigenvalue weighted by atomic mass is 10.1. The van der Waals surface area contributed by atoms with E-state index in [4.69, 9.17) is 0 Å². The van der Waals surface area contributed by atoms with Crippen LogP contribution in [0.5, 0.6) is 0 Å². The molecule has 132 valence electrons. The summed E-state index contributed by atoms with van der Waals surface area (Å²) in [5.74, 6) is -0.531. The summed E-state index contributed by atoms with van der Waals surface area (Å²) in [6, 6.07) is 9.94. The van der Waals surface area contributed by atoms with E-state index in [0.717, 1.165) is 6.26 Å². The Labute approximate surface area is 144 Å². The number of anilines is 3. The summed E-state index contributed by atoms with van der Waals surface area (Å²) in [5.41, 5.74) is 1.13. The third-order valence-corrected chi connectivity index (χ3v) is 3.78. The number of nitro groups is 1. The Morgan fingerprint density at radius 2 is 1.68 bits per heavy atom. The van der Waals surface area contributed by atoms with E-state index in [0.29, 0.717) is 17.1 Å². The molecule has 3 N–H and O–H groups in total. The zero-order valence-electron chi connectivity index (χ0n) is 13.4. The molecular weight excluding hydrogens is 348 g/mol. The minimum absolute atomic E-state index is 0.120. The number of benzene rings is 2. The van der Waals surface area contributed by atoms with Crippen molar-refractivity contribution in [2.24, 2.45) is 0 Å². The van der Waals surface area contributed by atoms with Crippen LogP contribution in [0.1, 0.15) is 10.4 Å². The maximum absolute atomic E-state index is 12.4. The van der Waals surface area contributed by atoms with Crippen molar-refractivity contribution >= 4 is 38.7 Å². The van der Waals surface area contributed by atoms with Gasteiger partial charge >= 0.3 is 0 Å². The van der Waals surface area contributed by atoms with Crippen molar-refractivity contribution in [2.45, 2.75) is 0 Å². The van der Waals surface area contributed by atoms with Gasteiger partial charge < -0.3 is 10.6 Å². The van der Waals surface area contributed by atoms with Gasteiger partial charge in [0.15, 0.2) is 0 Å². The lowest BCUT2D eigenvalue weighted by molar-refractivity contribution is -0.384. The zero-order chi connectivity index (χ0) is 18.6. The van der Waals surface area contributed by atoms with Gasteiger partial charge in [0.05, 0.1) is 16.7 Å². The first-order valence-corrected chi connectivity index (χ1v) is 8.94. The van der Waals surface area contributed by atoms with Crippen molar-refractivity contribution in [1.29, 1.82) is 0 Å². The minimum atomic E-state index is -3.39. The Morgan fingerprint density at radius 1 is 1.08 bits per heavy atom. The number of nitrogens with one attached hydrogen (secondary N) is 3. The summed E-state index contributed by atoms with van der Waals surface area (Å²) < 4.78 is 24.6. The van der Waals surface area contributed by atoms with Crippen molar-refractivity contribution in [3.8, 4) is 0 Å². The predicted octanol–water partition coefficient (Wildman–Crippen LogP) is 2.26. The fraction of sp³-hybridized carbons (Fsp3) is 0.133. The number of nitrogens with zero attached hydrogens (tertiary/aromatic N) is 1. The highest BCUT2D eigenvalue weighted by molar-refractivity contribution is 7.92. The van der Waals surface area contributed by atoms with Crippen LogP contribution in [0.4, 0.5) is 22.7 Å². The molecule has 9 nitrogen and oxygen atoms in total. The number of rotatable bonds is 6. The molecule has 25 heavy (non-hydrogen) atoms. The fourth-order valence-electron chi connectivity index (χ4n) is 2.09. The molecule has 0 spiro atoms. The van der Waals surface area contributed by atoms with Gasteiger partial charge in [-0.2, -0.15) is 0 Å². The van der Waals surface area contributed by atoms with Crippen LogP contribution in [0.2, 0.25) is 0 Å². The Hall–Kier alpha value is -3.14. The van der Waals surface area contributed by atoms with Crippen LogP contribution in [-0.4, -0.2) is 32.6 Å². The third kappa shape index (κ3) is 4.91. The van der Waals surface area contributed by atoms with Crippen LogP contribution in [0.3, 0.4) is 0 Å². The molecule has 1 amide bonds. The molecule has 0 aromatic heterocycles. The second kappa shape index (κ2) is 7.18. The van der Waals surface area contributed by atoms with Gasteiger partial charge in [-0.15, -0.1) is 0 Å². The summed E-state index contributed by atoms with van der Waals surface area (Å²) in [6.45, 7) is 0. The van der Waals surface area contributed by atoms with Crippen molar-refractivity contribution < 1.29 is 18.1 Å². The zero-order valence-corrected chi connectivity index (χ0v) is 14.3. The Kier molecular flexibility index (Phi) is 5.22. The number of hydrogen-bond donors (Lipinski definition) is 3. The summed E-state index contributed by atoms with van der Waals surface area (Å²) in [7, 11) is -1.79. The largest absolute Gasteiger partial charge is 0.387 e. The number of carbonyl (C=O) groups excluding carboxylic acids is 1. The molecule has 0 fully saturated rings. The number of non-ortho nitro benzene ring substituents is 1. The van der Waals surface area contributed by atoms with Gasteiger partial charge in [0.2, 0.25) is 10.0 Å². The molecule has 10 heteroatoms. The topological polar surface area (TPSA) is 130 Å². The molecule has 0 aliphatic carbocycles. The number of nitro benzene ring substituents is 1. The van der Waals surface area contributed by atoms with Gasteiger partial charge in [-0.3, -0.25) is 19.6 Å². The van der Waals surface area contributed by atoms with E-state index in [9.17, 15) is 23.3 Å². The summed E-state index contributed by atoms with van der Waals surface area (Å²) >= 11 is 0. The van der Waals surface area contributed by atoms with Crippen LogP contribution >= 0.6 is 0 Å². The van der Waals surface area contributed by atoms with E-state index in [1.54, 1.807) is 7.05 Å². The van der Waals surface area contributed by atoms with E-state index >= 15 is 0 Å². The van der Waals surface area contributed by atoms with Gasteiger partial charge in [-0.05, 0) is 30.3 Å². The smallest absolute Gasteiger partial charge is 0.270 e. The second-order valence-electron chi connectivity index (χ2n) is 5.14. The molecule has 0 saturated carbocycles. The molecule has 0 heterocycles. The highest BCUT2D eigenvalue weighted by Gasteiger charge is 2.16. The summed E-state index contributed by atoms with van der Waals surface area (Å²) in [6.07, 6.45) is 1.03. The van der Waals surface area contributed by atoms with Crippen LogP contribution in [0.25, 0.3) is 0 Å². The molecule has 0 aliphatic rings. The van der Waals surface area contributed by atoms with Gasteiger partial charge in [-0.1, -0.05) is 0 Å². The van der Waals surface area contributed by atoms with Crippen LogP contribution < -0.4 is 15.4 Å². The maximum Gasteiger partial charge on any atom is 0.270 e. The fourth-order valence-corrected chi connectivity index (χ4v) is 2.65. The van der Waals surface area contributed by atoms with Gasteiger partial charge in [-0.25, -0.2) is 8.42 Å². The van der Waals surface area contributed by atoms with Crippen molar-refractivity contribution in [2.75, 3.05) is 28.7 Å². The molecule has 2 rings (SSSR count). The average Bonchev–Trinajstić information content (AvgIpc) is 2.54. The standard InChI is InChI=1S/C15H16N4O5S/c1-16-14-8-7-12(19(21)22)9-13(14)15(20)17-10-3-5-11(6-4-10)18-25(2,23)24/h3-9,16,18H,1-2H3,(H,17,20). The Bertz CT molecular complexity index is 910. The Morgan fingerprint density at radius 3 is 2.20 bits per heavy atom. The minimum Gasteiger partial charge on any atom is -0.387 e. The SMILES string of the molecule is CNc1ccc([N+](=O)[O-])cc1C(=O)Nc1ccc(NS(C)(=O)=O)cc1. The Balaban J connectivity index is 2.22. The van der Waals surface area contributed by atoms with Crippen molar-refractivity contribution in [3.63, 3.8) is 0 Å². The van der Waals surface area contributed by atoms with E-state index in [-0.39, 0.29) is 11.3 Å². The highest BCUT2D eigenvalue weighted by atomic mass is 32.2. The maximum atomic E-state index is 12.4. The number of hydrogen-bond acceptors (Lipinski definition) is 6. The molecule has 0 bridgehead atoms. The van der Waals surface area contributed by atoms with E-state index < -0.39 is 20.9 Å². The monoisotopic (exact) mass is 364 g/mol. The number of sulfonamides is 1. The molecular formula is C15H16N4O5S. The van der Waals surface area contributed by atoms with Crippen molar-refractivity contribution in [3.05, 3.63) is 58.1 Å². The van der Waals surface area contributed by atoms with Gasteiger partial charge in [0.25, 0.3) is 11.6 Å². The molecule has 2 aromatic rings. The van der Waals surface area contributed by atoms with E-state index in [1.807, 2.05) is 0 Å². The normalized spacial score (nSPS) is 10.8. The number of carbonyl (C=O) groups is 1. The van der Waals surface area contributed by atoms with Crippen LogP contribution in [-0.2, 0) is 10.0 Å². The summed E-state index contributed by atoms with van der Waals surface area (Å²) in [4.78, 5) is 22.7. The predicted molar refractivity (Wildman–Crippen MR) is 95.5 cm³/mol. The molecule has 0 saturated heterocycles. The average molecular weight is 364 g/mol. The molecule has 2 aromatic carbocycles. The van der Waals surface area contributed by atoms with Gasteiger partial charge in [0, 0.05) is 36.2 Å². The first kappa shape index (κ1) is 18.2.